The summed E-state index contributed by atoms with van der Waals surface area (Å²) in [5.74, 6) is 1.85. The second-order valence-corrected chi connectivity index (χ2v) is 6.40. The van der Waals surface area contributed by atoms with Crippen molar-refractivity contribution in [3.05, 3.63) is 59.5 Å². The predicted octanol–water partition coefficient (Wildman–Crippen LogP) is 2.44. The standard InChI is InChI=1S/C20H28N4O/c1-21-20(23-12-9-19-8-4-15-25-19)22-11-5-13-24-14-10-17-6-2-3-7-18(17)16-24/h2-4,6-8,15H,5,9-14,16H2,1H3,(H2,21,22,23). The molecule has 0 bridgehead atoms. The van der Waals surface area contributed by atoms with Crippen LogP contribution in [0.2, 0.25) is 0 Å². The van der Waals surface area contributed by atoms with E-state index < -0.39 is 0 Å². The van der Waals surface area contributed by atoms with Crippen molar-refractivity contribution in [2.24, 2.45) is 4.99 Å². The number of hydrogen-bond donors (Lipinski definition) is 2. The van der Waals surface area contributed by atoms with Crippen LogP contribution < -0.4 is 10.6 Å². The molecule has 1 aliphatic rings. The summed E-state index contributed by atoms with van der Waals surface area (Å²) in [6.45, 7) is 5.10. The maximum atomic E-state index is 5.33. The summed E-state index contributed by atoms with van der Waals surface area (Å²) in [6.07, 6.45) is 4.85. The fourth-order valence-electron chi connectivity index (χ4n) is 3.23. The van der Waals surface area contributed by atoms with Crippen LogP contribution in [0.3, 0.4) is 0 Å². The van der Waals surface area contributed by atoms with Crippen LogP contribution in [0.4, 0.5) is 0 Å². The normalized spacial score (nSPS) is 15.0. The highest BCUT2D eigenvalue weighted by molar-refractivity contribution is 5.79. The fourth-order valence-corrected chi connectivity index (χ4v) is 3.23. The molecule has 1 aliphatic heterocycles. The molecule has 0 saturated carbocycles. The lowest BCUT2D eigenvalue weighted by atomic mass is 10.00. The third-order valence-corrected chi connectivity index (χ3v) is 4.62. The Morgan fingerprint density at radius 2 is 1.96 bits per heavy atom. The highest BCUT2D eigenvalue weighted by atomic mass is 16.3. The molecule has 0 aliphatic carbocycles. The van der Waals surface area contributed by atoms with E-state index in [0.717, 1.165) is 57.3 Å². The number of benzene rings is 1. The van der Waals surface area contributed by atoms with E-state index in [4.69, 9.17) is 4.42 Å². The van der Waals surface area contributed by atoms with Crippen molar-refractivity contribution < 1.29 is 4.42 Å². The average molecular weight is 340 g/mol. The molecule has 5 nitrogen and oxygen atoms in total. The lowest BCUT2D eigenvalue weighted by molar-refractivity contribution is 0.251. The summed E-state index contributed by atoms with van der Waals surface area (Å²) in [7, 11) is 1.81. The Bertz CT molecular complexity index is 666. The molecular weight excluding hydrogens is 312 g/mol. The van der Waals surface area contributed by atoms with Gasteiger partial charge in [-0.2, -0.15) is 0 Å². The average Bonchev–Trinajstić information content (AvgIpc) is 3.17. The summed E-state index contributed by atoms with van der Waals surface area (Å²) in [5, 5.41) is 6.71. The molecule has 1 aromatic carbocycles. The van der Waals surface area contributed by atoms with Gasteiger partial charge in [-0.3, -0.25) is 9.89 Å². The van der Waals surface area contributed by atoms with Gasteiger partial charge in [-0.05, 0) is 36.1 Å². The summed E-state index contributed by atoms with van der Waals surface area (Å²) >= 11 is 0. The van der Waals surface area contributed by atoms with Crippen molar-refractivity contribution in [2.75, 3.05) is 33.2 Å². The van der Waals surface area contributed by atoms with Crippen molar-refractivity contribution >= 4 is 5.96 Å². The van der Waals surface area contributed by atoms with Gasteiger partial charge in [0.1, 0.15) is 5.76 Å². The van der Waals surface area contributed by atoms with Crippen molar-refractivity contribution in [1.29, 1.82) is 0 Å². The summed E-state index contributed by atoms with van der Waals surface area (Å²) in [4.78, 5) is 6.81. The second-order valence-electron chi connectivity index (χ2n) is 6.40. The van der Waals surface area contributed by atoms with E-state index in [1.165, 1.54) is 17.5 Å². The minimum absolute atomic E-state index is 0.816. The molecule has 5 heteroatoms. The monoisotopic (exact) mass is 340 g/mol. The maximum absolute atomic E-state index is 5.33. The molecule has 0 atom stereocenters. The zero-order chi connectivity index (χ0) is 17.3. The number of nitrogens with zero attached hydrogens (tertiary/aromatic N) is 2. The number of hydrogen-bond acceptors (Lipinski definition) is 3. The SMILES string of the molecule is CN=C(NCCCN1CCc2ccccc2C1)NCCc1ccco1. The van der Waals surface area contributed by atoms with Gasteiger partial charge >= 0.3 is 0 Å². The van der Waals surface area contributed by atoms with Crippen LogP contribution >= 0.6 is 0 Å². The number of furan rings is 1. The van der Waals surface area contributed by atoms with Gasteiger partial charge in [-0.25, -0.2) is 0 Å². The molecule has 0 spiro atoms. The Hall–Kier alpha value is -2.27. The molecule has 3 rings (SSSR count). The van der Waals surface area contributed by atoms with Gasteiger partial charge in [0.15, 0.2) is 5.96 Å². The number of fused-ring (bicyclic) bond motifs is 1. The first kappa shape index (κ1) is 17.5. The minimum atomic E-state index is 0.816. The van der Waals surface area contributed by atoms with Crippen molar-refractivity contribution in [3.8, 4) is 0 Å². The van der Waals surface area contributed by atoms with Gasteiger partial charge in [0.05, 0.1) is 6.26 Å². The molecule has 0 radical (unpaired) electrons. The van der Waals surface area contributed by atoms with Gasteiger partial charge < -0.3 is 15.1 Å². The molecule has 134 valence electrons. The first-order valence-electron chi connectivity index (χ1n) is 9.11. The summed E-state index contributed by atoms with van der Waals surface area (Å²) in [6, 6.07) is 12.7. The Morgan fingerprint density at radius 1 is 1.12 bits per heavy atom. The first-order chi connectivity index (χ1) is 12.3. The Labute approximate surface area is 150 Å². The molecule has 0 amide bonds. The summed E-state index contributed by atoms with van der Waals surface area (Å²) < 4.78 is 5.33. The number of nitrogens with one attached hydrogen (secondary N) is 2. The van der Waals surface area contributed by atoms with E-state index >= 15 is 0 Å². The molecular formula is C20H28N4O. The third-order valence-electron chi connectivity index (χ3n) is 4.62. The minimum Gasteiger partial charge on any atom is -0.469 e. The zero-order valence-electron chi connectivity index (χ0n) is 15.0. The van der Waals surface area contributed by atoms with E-state index in [1.54, 1.807) is 6.26 Å². The molecule has 2 N–H and O–H groups in total. The molecule has 0 unspecified atom stereocenters. The van der Waals surface area contributed by atoms with Gasteiger partial charge in [0.2, 0.25) is 0 Å². The van der Waals surface area contributed by atoms with E-state index in [0.29, 0.717) is 0 Å². The highest BCUT2D eigenvalue weighted by Gasteiger charge is 2.14. The van der Waals surface area contributed by atoms with E-state index in [2.05, 4.69) is 44.8 Å². The fraction of sp³-hybridized carbons (Fsp3) is 0.450. The molecule has 0 fully saturated rings. The molecule has 25 heavy (non-hydrogen) atoms. The number of rotatable bonds is 7. The third kappa shape index (κ3) is 5.36. The van der Waals surface area contributed by atoms with Crippen LogP contribution in [0, 0.1) is 0 Å². The predicted molar refractivity (Wildman–Crippen MR) is 102 cm³/mol. The maximum Gasteiger partial charge on any atom is 0.190 e. The Morgan fingerprint density at radius 3 is 2.76 bits per heavy atom. The Balaban J connectivity index is 1.31. The van der Waals surface area contributed by atoms with Gasteiger partial charge in [0, 0.05) is 46.2 Å². The van der Waals surface area contributed by atoms with Gasteiger partial charge in [-0.15, -0.1) is 0 Å². The number of guanidine groups is 1. The summed E-state index contributed by atoms with van der Waals surface area (Å²) in [5.41, 5.74) is 3.00. The van der Waals surface area contributed by atoms with Crippen LogP contribution in [0.1, 0.15) is 23.3 Å². The van der Waals surface area contributed by atoms with Crippen molar-refractivity contribution in [1.82, 2.24) is 15.5 Å². The van der Waals surface area contributed by atoms with Crippen LogP contribution in [0.5, 0.6) is 0 Å². The lowest BCUT2D eigenvalue weighted by Gasteiger charge is -2.28. The van der Waals surface area contributed by atoms with Gasteiger partial charge in [0.25, 0.3) is 0 Å². The van der Waals surface area contributed by atoms with Crippen LogP contribution in [0.15, 0.2) is 52.1 Å². The Kier molecular flexibility index (Phi) is 6.51. The van der Waals surface area contributed by atoms with E-state index in [1.807, 2.05) is 19.2 Å². The van der Waals surface area contributed by atoms with Crippen LogP contribution in [-0.2, 0) is 19.4 Å². The quantitative estimate of drug-likeness (QED) is 0.462. The smallest absolute Gasteiger partial charge is 0.190 e. The van der Waals surface area contributed by atoms with E-state index in [-0.39, 0.29) is 0 Å². The van der Waals surface area contributed by atoms with Crippen LogP contribution in [0.25, 0.3) is 0 Å². The van der Waals surface area contributed by atoms with E-state index in [9.17, 15) is 0 Å². The van der Waals surface area contributed by atoms with Crippen molar-refractivity contribution in [2.45, 2.75) is 25.8 Å². The van der Waals surface area contributed by atoms with Crippen LogP contribution in [-0.4, -0.2) is 44.1 Å². The largest absolute Gasteiger partial charge is 0.469 e. The molecule has 2 heterocycles. The second kappa shape index (κ2) is 9.28. The number of aliphatic imine (C=N–C) groups is 1. The van der Waals surface area contributed by atoms with Gasteiger partial charge in [-0.1, -0.05) is 24.3 Å². The molecule has 2 aromatic rings. The van der Waals surface area contributed by atoms with Crippen molar-refractivity contribution in [3.63, 3.8) is 0 Å². The molecule has 1 aromatic heterocycles. The topological polar surface area (TPSA) is 52.8 Å². The lowest BCUT2D eigenvalue weighted by Crippen LogP contribution is -2.40. The highest BCUT2D eigenvalue weighted by Crippen LogP contribution is 2.18. The first-order valence-corrected chi connectivity index (χ1v) is 9.11. The zero-order valence-corrected chi connectivity index (χ0v) is 15.0. The molecule has 0 saturated heterocycles.